The minimum absolute atomic E-state index is 0.0139. The Labute approximate surface area is 126 Å². The molecule has 1 rings (SSSR count). The second-order valence-corrected chi connectivity index (χ2v) is 4.76. The zero-order valence-corrected chi connectivity index (χ0v) is 11.9. The number of amides is 3. The number of aliphatic carboxylic acids is 1. The number of nitrogens with one attached hydrogen (secondary N) is 2. The molecule has 0 bridgehead atoms. The van der Waals surface area contributed by atoms with Crippen LogP contribution in [0.1, 0.15) is 24.4 Å². The van der Waals surface area contributed by atoms with Crippen LogP contribution in [0.3, 0.4) is 0 Å². The number of primary amides is 1. The van der Waals surface area contributed by atoms with Gasteiger partial charge >= 0.3 is 12.0 Å². The third-order valence-corrected chi connectivity index (χ3v) is 2.82. The van der Waals surface area contributed by atoms with Crippen molar-refractivity contribution >= 4 is 29.5 Å². The van der Waals surface area contributed by atoms with Crippen molar-refractivity contribution in [3.8, 4) is 0 Å². The van der Waals surface area contributed by atoms with Crippen LogP contribution in [0, 0.1) is 0 Å². The summed E-state index contributed by atoms with van der Waals surface area (Å²) in [5.41, 5.74) is 5.80. The summed E-state index contributed by atoms with van der Waals surface area (Å²) in [5, 5.41) is 13.9. The standard InChI is InChI=1S/C13H16ClN3O4/c14-9-3-1-2-8(6-9)10(7-11(15)18)17-13(21)16-5-4-12(19)20/h1-3,6,10H,4-5,7H2,(H2,15,18)(H,19,20)(H2,16,17,21)/t10-/m1/s1. The van der Waals surface area contributed by atoms with Gasteiger partial charge in [0.25, 0.3) is 0 Å². The maximum absolute atomic E-state index is 11.7. The molecule has 0 fully saturated rings. The Bertz CT molecular complexity index is 536. The van der Waals surface area contributed by atoms with Crippen molar-refractivity contribution in [2.24, 2.45) is 5.73 Å². The maximum Gasteiger partial charge on any atom is 0.315 e. The molecule has 114 valence electrons. The second kappa shape index (κ2) is 8.11. The van der Waals surface area contributed by atoms with Crippen molar-refractivity contribution in [1.29, 1.82) is 0 Å². The average molecular weight is 314 g/mol. The Hall–Kier alpha value is -2.28. The number of carboxylic acid groups (broad SMARTS) is 1. The number of urea groups is 1. The molecule has 1 atom stereocenters. The smallest absolute Gasteiger partial charge is 0.315 e. The fourth-order valence-corrected chi connectivity index (χ4v) is 1.87. The van der Waals surface area contributed by atoms with Crippen LogP contribution in [0.4, 0.5) is 4.79 Å². The summed E-state index contributed by atoms with van der Waals surface area (Å²) in [4.78, 5) is 33.1. The van der Waals surface area contributed by atoms with E-state index in [1.807, 2.05) is 0 Å². The van der Waals surface area contributed by atoms with Gasteiger partial charge in [-0.2, -0.15) is 0 Å². The highest BCUT2D eigenvalue weighted by atomic mass is 35.5. The topological polar surface area (TPSA) is 122 Å². The van der Waals surface area contributed by atoms with Crippen LogP contribution >= 0.6 is 11.6 Å². The molecule has 0 heterocycles. The van der Waals surface area contributed by atoms with Gasteiger partial charge in [-0.15, -0.1) is 0 Å². The lowest BCUT2D eigenvalue weighted by Crippen LogP contribution is -2.40. The molecule has 0 aliphatic rings. The number of carbonyl (C=O) groups is 3. The molecule has 0 radical (unpaired) electrons. The van der Waals surface area contributed by atoms with Crippen molar-refractivity contribution in [3.05, 3.63) is 34.9 Å². The molecule has 0 saturated carbocycles. The molecule has 5 N–H and O–H groups in total. The summed E-state index contributed by atoms with van der Waals surface area (Å²) in [7, 11) is 0. The fourth-order valence-electron chi connectivity index (χ4n) is 1.67. The highest BCUT2D eigenvalue weighted by Crippen LogP contribution is 2.20. The monoisotopic (exact) mass is 313 g/mol. The number of nitrogens with two attached hydrogens (primary N) is 1. The van der Waals surface area contributed by atoms with E-state index in [0.717, 1.165) is 0 Å². The zero-order chi connectivity index (χ0) is 15.8. The lowest BCUT2D eigenvalue weighted by Gasteiger charge is -2.18. The molecule has 0 aromatic heterocycles. The molecule has 1 aromatic rings. The molecular formula is C13H16ClN3O4. The predicted molar refractivity (Wildman–Crippen MR) is 76.8 cm³/mol. The summed E-state index contributed by atoms with van der Waals surface area (Å²) < 4.78 is 0. The number of rotatable bonds is 7. The first-order valence-corrected chi connectivity index (χ1v) is 6.56. The Kier molecular flexibility index (Phi) is 6.48. The highest BCUT2D eigenvalue weighted by Gasteiger charge is 2.17. The van der Waals surface area contributed by atoms with Gasteiger partial charge in [0.15, 0.2) is 0 Å². The van der Waals surface area contributed by atoms with Gasteiger partial charge in [-0.25, -0.2) is 4.79 Å². The zero-order valence-electron chi connectivity index (χ0n) is 11.1. The van der Waals surface area contributed by atoms with E-state index in [9.17, 15) is 14.4 Å². The predicted octanol–water partition coefficient (Wildman–Crippen LogP) is 1.03. The quantitative estimate of drug-likeness (QED) is 0.600. The number of carbonyl (C=O) groups excluding carboxylic acids is 2. The lowest BCUT2D eigenvalue weighted by molar-refractivity contribution is -0.136. The summed E-state index contributed by atoms with van der Waals surface area (Å²) >= 11 is 5.87. The highest BCUT2D eigenvalue weighted by molar-refractivity contribution is 6.30. The average Bonchev–Trinajstić information content (AvgIpc) is 2.37. The van der Waals surface area contributed by atoms with Gasteiger partial charge in [0.05, 0.1) is 18.9 Å². The number of hydrogen-bond donors (Lipinski definition) is 4. The van der Waals surface area contributed by atoms with E-state index in [2.05, 4.69) is 10.6 Å². The van der Waals surface area contributed by atoms with E-state index in [1.54, 1.807) is 24.3 Å². The van der Waals surface area contributed by atoms with E-state index >= 15 is 0 Å². The largest absolute Gasteiger partial charge is 0.481 e. The van der Waals surface area contributed by atoms with Crippen molar-refractivity contribution in [1.82, 2.24) is 10.6 Å². The normalized spacial score (nSPS) is 11.5. The number of halogens is 1. The number of hydrogen-bond acceptors (Lipinski definition) is 3. The SMILES string of the molecule is NC(=O)C[C@@H](NC(=O)NCCC(=O)O)c1cccc(Cl)c1. The Balaban J connectivity index is 2.68. The molecule has 1 aromatic carbocycles. The maximum atomic E-state index is 11.7. The van der Waals surface area contributed by atoms with Gasteiger partial charge in [-0.05, 0) is 17.7 Å². The molecular weight excluding hydrogens is 298 g/mol. The van der Waals surface area contributed by atoms with Crippen LogP contribution in [0.15, 0.2) is 24.3 Å². The van der Waals surface area contributed by atoms with Crippen LogP contribution in [-0.2, 0) is 9.59 Å². The summed E-state index contributed by atoms with van der Waals surface area (Å²) in [5.74, 6) is -1.59. The van der Waals surface area contributed by atoms with Gasteiger partial charge in [0.1, 0.15) is 0 Å². The van der Waals surface area contributed by atoms with Gasteiger partial charge in [0, 0.05) is 11.6 Å². The Morgan fingerprint density at radius 2 is 2.05 bits per heavy atom. The van der Waals surface area contributed by atoms with Crippen molar-refractivity contribution in [2.75, 3.05) is 6.54 Å². The molecule has 21 heavy (non-hydrogen) atoms. The molecule has 0 aliphatic carbocycles. The Morgan fingerprint density at radius 3 is 2.62 bits per heavy atom. The van der Waals surface area contributed by atoms with Gasteiger partial charge < -0.3 is 21.5 Å². The summed E-state index contributed by atoms with van der Waals surface area (Å²) in [6.07, 6.45) is -0.280. The first-order valence-electron chi connectivity index (χ1n) is 6.18. The van der Waals surface area contributed by atoms with Crippen LogP contribution in [0.2, 0.25) is 5.02 Å². The molecule has 0 aliphatic heterocycles. The van der Waals surface area contributed by atoms with Crippen LogP contribution in [0.25, 0.3) is 0 Å². The molecule has 0 spiro atoms. The van der Waals surface area contributed by atoms with Gasteiger partial charge in [-0.3, -0.25) is 9.59 Å². The van der Waals surface area contributed by atoms with Crippen LogP contribution in [-0.4, -0.2) is 29.6 Å². The number of benzene rings is 1. The van der Waals surface area contributed by atoms with Gasteiger partial charge in [-0.1, -0.05) is 23.7 Å². The van der Waals surface area contributed by atoms with E-state index in [4.69, 9.17) is 22.4 Å². The summed E-state index contributed by atoms with van der Waals surface area (Å²) in [6, 6.07) is 5.46. The second-order valence-electron chi connectivity index (χ2n) is 4.32. The molecule has 3 amide bonds. The molecule has 8 heteroatoms. The van der Waals surface area contributed by atoms with Crippen molar-refractivity contribution in [2.45, 2.75) is 18.9 Å². The minimum Gasteiger partial charge on any atom is -0.481 e. The van der Waals surface area contributed by atoms with Gasteiger partial charge in [0.2, 0.25) is 5.91 Å². The van der Waals surface area contributed by atoms with Crippen LogP contribution < -0.4 is 16.4 Å². The number of carboxylic acids is 1. The molecule has 0 unspecified atom stereocenters. The van der Waals surface area contributed by atoms with E-state index in [0.29, 0.717) is 10.6 Å². The van der Waals surface area contributed by atoms with Crippen molar-refractivity contribution < 1.29 is 19.5 Å². The van der Waals surface area contributed by atoms with E-state index < -0.39 is 23.9 Å². The van der Waals surface area contributed by atoms with Crippen LogP contribution in [0.5, 0.6) is 0 Å². The Morgan fingerprint density at radius 1 is 1.33 bits per heavy atom. The summed E-state index contributed by atoms with van der Waals surface area (Å²) in [6.45, 7) is -0.0139. The fraction of sp³-hybridized carbons (Fsp3) is 0.308. The third kappa shape index (κ3) is 6.62. The third-order valence-electron chi connectivity index (χ3n) is 2.59. The van der Waals surface area contributed by atoms with E-state index in [1.165, 1.54) is 0 Å². The van der Waals surface area contributed by atoms with Crippen molar-refractivity contribution in [3.63, 3.8) is 0 Å². The minimum atomic E-state index is -1.01. The van der Waals surface area contributed by atoms with E-state index in [-0.39, 0.29) is 19.4 Å². The molecule has 0 saturated heterocycles. The first-order chi connectivity index (χ1) is 9.88. The first kappa shape index (κ1) is 16.8. The lowest BCUT2D eigenvalue weighted by atomic mass is 10.0. The molecule has 7 nitrogen and oxygen atoms in total.